The van der Waals surface area contributed by atoms with Gasteiger partial charge in [-0.15, -0.1) is 11.6 Å². The molecule has 0 fully saturated rings. The Bertz CT molecular complexity index is 766. The highest BCUT2D eigenvalue weighted by Crippen LogP contribution is 2.36. The summed E-state index contributed by atoms with van der Waals surface area (Å²) in [5, 5.41) is 5.56. The van der Waals surface area contributed by atoms with Crippen molar-refractivity contribution >= 4 is 34.8 Å². The third-order valence-electron chi connectivity index (χ3n) is 3.62. The van der Waals surface area contributed by atoms with E-state index in [2.05, 4.69) is 10.6 Å². The number of methoxy groups -OCH3 is 2. The third kappa shape index (κ3) is 5.13. The van der Waals surface area contributed by atoms with E-state index in [9.17, 15) is 9.59 Å². The fraction of sp³-hybridized carbons (Fsp3) is 0.263. The van der Waals surface area contributed by atoms with E-state index < -0.39 is 0 Å². The van der Waals surface area contributed by atoms with Gasteiger partial charge in [0.05, 0.1) is 25.6 Å². The van der Waals surface area contributed by atoms with E-state index in [-0.39, 0.29) is 11.8 Å². The maximum atomic E-state index is 12.4. The Morgan fingerprint density at radius 2 is 1.54 bits per heavy atom. The van der Waals surface area contributed by atoms with Crippen molar-refractivity contribution in [3.05, 3.63) is 48.0 Å². The average molecular weight is 377 g/mol. The number of amides is 2. The minimum Gasteiger partial charge on any atom is -0.494 e. The van der Waals surface area contributed by atoms with E-state index in [1.807, 2.05) is 6.07 Å². The van der Waals surface area contributed by atoms with Gasteiger partial charge in [-0.1, -0.05) is 18.2 Å². The Hall–Kier alpha value is -2.73. The number of hydrogen-bond acceptors (Lipinski definition) is 4. The van der Waals surface area contributed by atoms with Crippen LogP contribution in [0, 0.1) is 0 Å². The molecule has 0 aliphatic heterocycles. The number of carbonyl (C=O) groups excluding carboxylic acids is 2. The fourth-order valence-electron chi connectivity index (χ4n) is 2.32. The van der Waals surface area contributed by atoms with Crippen molar-refractivity contribution in [1.82, 2.24) is 0 Å². The first kappa shape index (κ1) is 19.6. The summed E-state index contributed by atoms with van der Waals surface area (Å²) in [6.07, 6.45) is 0.888. The minimum absolute atomic E-state index is 0.174. The van der Waals surface area contributed by atoms with Crippen molar-refractivity contribution in [2.24, 2.45) is 0 Å². The number of anilines is 2. The zero-order valence-electron chi connectivity index (χ0n) is 14.7. The maximum absolute atomic E-state index is 12.4. The number of halogens is 1. The van der Waals surface area contributed by atoms with Crippen LogP contribution in [0.4, 0.5) is 11.4 Å². The van der Waals surface area contributed by atoms with E-state index >= 15 is 0 Å². The second-order valence-electron chi connectivity index (χ2n) is 5.41. The molecule has 0 aromatic heterocycles. The predicted octanol–water partition coefficient (Wildman–Crippen LogP) is 3.91. The van der Waals surface area contributed by atoms with Crippen LogP contribution >= 0.6 is 11.6 Å². The molecule has 2 aromatic rings. The van der Waals surface area contributed by atoms with E-state index in [1.54, 1.807) is 36.4 Å². The summed E-state index contributed by atoms with van der Waals surface area (Å²) in [4.78, 5) is 24.3. The van der Waals surface area contributed by atoms with E-state index in [1.165, 1.54) is 14.2 Å². The lowest BCUT2D eigenvalue weighted by Crippen LogP contribution is -2.15. The normalized spacial score (nSPS) is 10.1. The van der Waals surface area contributed by atoms with Crippen LogP contribution in [0.3, 0.4) is 0 Å². The summed E-state index contributed by atoms with van der Waals surface area (Å²) in [5.41, 5.74) is 1.42. The van der Waals surface area contributed by atoms with Gasteiger partial charge in [0, 0.05) is 30.0 Å². The topological polar surface area (TPSA) is 76.7 Å². The second-order valence-corrected chi connectivity index (χ2v) is 5.79. The Labute approximate surface area is 157 Å². The van der Waals surface area contributed by atoms with Crippen LogP contribution in [0.1, 0.15) is 23.2 Å². The van der Waals surface area contributed by atoms with Crippen LogP contribution in [0.15, 0.2) is 42.5 Å². The van der Waals surface area contributed by atoms with Gasteiger partial charge in [0.15, 0.2) is 0 Å². The quantitative estimate of drug-likeness (QED) is 0.685. The van der Waals surface area contributed by atoms with Crippen LogP contribution in [-0.2, 0) is 4.79 Å². The molecule has 6 nitrogen and oxygen atoms in total. The van der Waals surface area contributed by atoms with Gasteiger partial charge in [-0.25, -0.2) is 0 Å². The summed E-state index contributed by atoms with van der Waals surface area (Å²) in [5.74, 6) is 0.784. The number of rotatable bonds is 8. The van der Waals surface area contributed by atoms with Gasteiger partial charge in [0.1, 0.15) is 11.5 Å². The highest BCUT2D eigenvalue weighted by Gasteiger charge is 2.16. The smallest absolute Gasteiger partial charge is 0.255 e. The molecule has 7 heteroatoms. The first-order valence-corrected chi connectivity index (χ1v) is 8.60. The van der Waals surface area contributed by atoms with Crippen LogP contribution < -0.4 is 20.1 Å². The van der Waals surface area contributed by atoms with E-state index in [0.717, 1.165) is 0 Å². The van der Waals surface area contributed by atoms with Gasteiger partial charge in [-0.2, -0.15) is 0 Å². The highest BCUT2D eigenvalue weighted by molar-refractivity contribution is 6.18. The van der Waals surface area contributed by atoms with Crippen LogP contribution in [0.2, 0.25) is 0 Å². The minimum atomic E-state index is -0.273. The molecule has 138 valence electrons. The number of nitrogens with one attached hydrogen (secondary N) is 2. The largest absolute Gasteiger partial charge is 0.494 e. The molecule has 0 atom stereocenters. The lowest BCUT2D eigenvalue weighted by molar-refractivity contribution is -0.116. The molecule has 0 saturated heterocycles. The van der Waals surface area contributed by atoms with E-state index in [0.29, 0.717) is 47.2 Å². The Balaban J connectivity index is 2.24. The van der Waals surface area contributed by atoms with Crippen molar-refractivity contribution in [2.45, 2.75) is 12.8 Å². The summed E-state index contributed by atoms with van der Waals surface area (Å²) < 4.78 is 10.7. The van der Waals surface area contributed by atoms with Gasteiger partial charge in [0.2, 0.25) is 5.91 Å². The number of carbonyl (C=O) groups is 2. The van der Waals surface area contributed by atoms with E-state index in [4.69, 9.17) is 21.1 Å². The molecule has 0 spiro atoms. The fourth-order valence-corrected chi connectivity index (χ4v) is 2.45. The molecule has 2 N–H and O–H groups in total. The molecule has 2 aromatic carbocycles. The Morgan fingerprint density at radius 3 is 2.08 bits per heavy atom. The second kappa shape index (κ2) is 9.68. The van der Waals surface area contributed by atoms with Crippen molar-refractivity contribution in [2.75, 3.05) is 30.7 Å². The lowest BCUT2D eigenvalue weighted by Gasteiger charge is -2.16. The summed E-state index contributed by atoms with van der Waals surface area (Å²) in [6.45, 7) is 0. The molecule has 0 radical (unpaired) electrons. The van der Waals surface area contributed by atoms with Crippen molar-refractivity contribution in [1.29, 1.82) is 0 Å². The Kier molecular flexibility index (Phi) is 7.29. The summed E-state index contributed by atoms with van der Waals surface area (Å²) in [6, 6.07) is 12.0. The van der Waals surface area contributed by atoms with Gasteiger partial charge in [-0.3, -0.25) is 9.59 Å². The Morgan fingerprint density at radius 1 is 0.962 bits per heavy atom. The SMILES string of the molecule is COc1cc(NC(=O)c2ccccc2)c(OC)cc1NC(=O)CCCCl. The van der Waals surface area contributed by atoms with Crippen LogP contribution in [-0.4, -0.2) is 31.9 Å². The molecule has 0 saturated carbocycles. The monoisotopic (exact) mass is 376 g/mol. The molecule has 26 heavy (non-hydrogen) atoms. The average Bonchev–Trinajstić information content (AvgIpc) is 2.67. The molecule has 0 heterocycles. The first-order chi connectivity index (χ1) is 12.6. The molecule has 0 aliphatic rings. The first-order valence-electron chi connectivity index (χ1n) is 8.07. The van der Waals surface area contributed by atoms with Gasteiger partial charge in [0.25, 0.3) is 5.91 Å². The van der Waals surface area contributed by atoms with Gasteiger partial charge < -0.3 is 20.1 Å². The maximum Gasteiger partial charge on any atom is 0.255 e. The zero-order valence-corrected chi connectivity index (χ0v) is 15.4. The molecule has 0 unspecified atom stereocenters. The van der Waals surface area contributed by atoms with Gasteiger partial charge in [-0.05, 0) is 18.6 Å². The molecule has 2 amide bonds. The predicted molar refractivity (Wildman–Crippen MR) is 103 cm³/mol. The number of alkyl halides is 1. The molecule has 2 rings (SSSR count). The third-order valence-corrected chi connectivity index (χ3v) is 3.88. The number of ether oxygens (including phenoxy) is 2. The number of hydrogen-bond donors (Lipinski definition) is 2. The van der Waals surface area contributed by atoms with Crippen LogP contribution in [0.25, 0.3) is 0 Å². The number of benzene rings is 2. The van der Waals surface area contributed by atoms with Crippen molar-refractivity contribution in [3.8, 4) is 11.5 Å². The molecule has 0 bridgehead atoms. The highest BCUT2D eigenvalue weighted by atomic mass is 35.5. The van der Waals surface area contributed by atoms with Crippen LogP contribution in [0.5, 0.6) is 11.5 Å². The summed E-state index contributed by atoms with van der Waals surface area (Å²) in [7, 11) is 2.97. The van der Waals surface area contributed by atoms with Crippen molar-refractivity contribution in [3.63, 3.8) is 0 Å². The summed E-state index contributed by atoms with van der Waals surface area (Å²) >= 11 is 5.61. The zero-order chi connectivity index (χ0) is 18.9. The lowest BCUT2D eigenvalue weighted by atomic mass is 10.2. The molecular weight excluding hydrogens is 356 g/mol. The van der Waals surface area contributed by atoms with Gasteiger partial charge >= 0.3 is 0 Å². The van der Waals surface area contributed by atoms with Crippen molar-refractivity contribution < 1.29 is 19.1 Å². The molecule has 0 aliphatic carbocycles. The molecular formula is C19H21ClN2O4. The standard InChI is InChI=1S/C19H21ClN2O4/c1-25-16-12-15(22-19(24)13-7-4-3-5-8-13)17(26-2)11-14(16)21-18(23)9-6-10-20/h3-5,7-8,11-12H,6,9-10H2,1-2H3,(H,21,23)(H,22,24).